The summed E-state index contributed by atoms with van der Waals surface area (Å²) in [5.74, 6) is 11.7. The molecule has 8 bridgehead atoms. The first kappa shape index (κ1) is 31.0. The van der Waals surface area contributed by atoms with Gasteiger partial charge in [0.15, 0.2) is 0 Å². The van der Waals surface area contributed by atoms with Crippen LogP contribution in [0.4, 0.5) is 0 Å². The fraction of sp³-hybridized carbons (Fsp3) is 1.00. The summed E-state index contributed by atoms with van der Waals surface area (Å²) in [6.45, 7) is 0. The Hall–Kier alpha value is 0. The van der Waals surface area contributed by atoms with E-state index < -0.39 is 0 Å². The van der Waals surface area contributed by atoms with Gasteiger partial charge in [0.25, 0.3) is 0 Å². The lowest BCUT2D eigenvalue weighted by atomic mass is 9.56. The first-order chi connectivity index (χ1) is 20.3. The molecule has 0 radical (unpaired) electrons. The molecule has 0 aromatic rings. The van der Waals surface area contributed by atoms with Crippen LogP contribution in [0.2, 0.25) is 0 Å². The van der Waals surface area contributed by atoms with E-state index >= 15 is 0 Å². The average molecular weight is 565 g/mol. The molecule has 0 heteroatoms. The first-order valence-corrected chi connectivity index (χ1v) is 20.3. The van der Waals surface area contributed by atoms with Crippen molar-refractivity contribution in [3.63, 3.8) is 0 Å². The molecule has 12 fully saturated rings. The highest BCUT2D eigenvalue weighted by Crippen LogP contribution is 2.53. The summed E-state index contributed by atoms with van der Waals surface area (Å²) in [5, 5.41) is 0. The zero-order valence-electron chi connectivity index (χ0n) is 27.7. The Morgan fingerprint density at radius 1 is 0.171 bits per heavy atom. The smallest absolute Gasteiger partial charge is 0.0386 e. The molecule has 0 aromatic heterocycles. The van der Waals surface area contributed by atoms with E-state index in [1.165, 1.54) is 99.7 Å². The predicted molar refractivity (Wildman–Crippen MR) is 178 cm³/mol. The molecule has 0 spiro atoms. The lowest BCUT2D eigenvalue weighted by molar-refractivity contribution is 0.0198. The van der Waals surface area contributed by atoms with Gasteiger partial charge in [0.05, 0.1) is 0 Å². The van der Waals surface area contributed by atoms with Crippen LogP contribution in [-0.4, -0.2) is 0 Å². The van der Waals surface area contributed by atoms with Gasteiger partial charge < -0.3 is 0 Å². The SMILES string of the molecule is C1C2CC3CC1CC(C2)C3.C1CC2CCC1C2.C1CC2CCC1CC2.C1CCC2CCCCC2C1.C1CCCCC1. The molecule has 0 N–H and O–H groups in total. The summed E-state index contributed by atoms with van der Waals surface area (Å²) in [6, 6.07) is 0. The van der Waals surface area contributed by atoms with Gasteiger partial charge in [-0.25, -0.2) is 0 Å². The van der Waals surface area contributed by atoms with Gasteiger partial charge in [0, 0.05) is 0 Å². The van der Waals surface area contributed by atoms with Gasteiger partial charge in [0.1, 0.15) is 0 Å². The van der Waals surface area contributed by atoms with Crippen molar-refractivity contribution in [2.75, 3.05) is 0 Å². The van der Waals surface area contributed by atoms with Crippen molar-refractivity contribution in [1.82, 2.24) is 0 Å². The Balaban J connectivity index is 0.0000000934. The third-order valence-electron chi connectivity index (χ3n) is 14.5. The van der Waals surface area contributed by atoms with Crippen molar-refractivity contribution in [1.29, 1.82) is 0 Å². The summed E-state index contributed by atoms with van der Waals surface area (Å²) < 4.78 is 0. The van der Waals surface area contributed by atoms with Crippen LogP contribution in [0, 0.1) is 59.2 Å². The number of hydrogen-bond acceptors (Lipinski definition) is 0. The Labute approximate surface area is 257 Å². The van der Waals surface area contributed by atoms with Crippen LogP contribution in [0.25, 0.3) is 0 Å². The predicted octanol–water partition coefficient (Wildman–Crippen LogP) is 13.3. The molecule has 12 aliphatic rings. The van der Waals surface area contributed by atoms with Gasteiger partial charge >= 0.3 is 0 Å². The third kappa shape index (κ3) is 9.74. The molecule has 12 aliphatic carbocycles. The highest BCUT2D eigenvalue weighted by atomic mass is 14.5. The quantitative estimate of drug-likeness (QED) is 0.274. The van der Waals surface area contributed by atoms with Crippen LogP contribution in [0.3, 0.4) is 0 Å². The molecule has 41 heavy (non-hydrogen) atoms. The van der Waals surface area contributed by atoms with Crippen molar-refractivity contribution >= 4 is 0 Å². The third-order valence-corrected chi connectivity index (χ3v) is 14.5. The van der Waals surface area contributed by atoms with Crippen molar-refractivity contribution in [2.45, 2.75) is 199 Å². The van der Waals surface area contributed by atoms with Gasteiger partial charge in [-0.1, -0.05) is 154 Å². The summed E-state index contributed by atoms with van der Waals surface area (Å²) in [7, 11) is 0. The van der Waals surface area contributed by atoms with E-state index in [4.69, 9.17) is 0 Å². The van der Waals surface area contributed by atoms with Crippen LogP contribution >= 0.6 is 0 Å². The van der Waals surface area contributed by atoms with Crippen LogP contribution in [0.5, 0.6) is 0 Å². The minimum absolute atomic E-state index is 1.15. The van der Waals surface area contributed by atoms with E-state index in [9.17, 15) is 0 Å². The topological polar surface area (TPSA) is 0 Å². The maximum absolute atomic E-state index is 1.60. The number of hydrogen-bond donors (Lipinski definition) is 0. The second-order valence-corrected chi connectivity index (χ2v) is 17.7. The fourth-order valence-corrected chi connectivity index (χ4v) is 12.4. The number of fused-ring (bicyclic) bond motifs is 6. The minimum atomic E-state index is 1.15. The van der Waals surface area contributed by atoms with E-state index in [2.05, 4.69) is 0 Å². The highest BCUT2D eigenvalue weighted by Gasteiger charge is 2.41. The molecule has 12 rings (SSSR count). The van der Waals surface area contributed by atoms with Gasteiger partial charge in [0.2, 0.25) is 0 Å². The van der Waals surface area contributed by atoms with Gasteiger partial charge in [-0.3, -0.25) is 0 Å². The maximum Gasteiger partial charge on any atom is -0.0386 e. The van der Waals surface area contributed by atoms with Crippen LogP contribution in [0.1, 0.15) is 199 Å². The zero-order chi connectivity index (χ0) is 27.7. The molecule has 236 valence electrons. The maximum atomic E-state index is 1.60. The average Bonchev–Trinajstić information content (AvgIpc) is 3.71. The first-order valence-electron chi connectivity index (χ1n) is 20.3. The van der Waals surface area contributed by atoms with E-state index in [0.717, 1.165) is 23.7 Å². The summed E-state index contributed by atoms with van der Waals surface area (Å²) in [6.07, 6.45) is 48.2. The second kappa shape index (κ2) is 16.4. The number of rotatable bonds is 0. The summed E-state index contributed by atoms with van der Waals surface area (Å²) >= 11 is 0. The Bertz CT molecular complexity index is 574. The van der Waals surface area contributed by atoms with Crippen molar-refractivity contribution in [3.8, 4) is 0 Å². The molecule has 0 nitrogen and oxygen atoms in total. The molecule has 0 aliphatic heterocycles. The molecular formula is C41H72. The monoisotopic (exact) mass is 565 g/mol. The minimum Gasteiger partial charge on any atom is -0.0533 e. The molecule has 12 saturated carbocycles. The normalized spacial score (nSPS) is 44.5. The van der Waals surface area contributed by atoms with E-state index in [-0.39, 0.29) is 0 Å². The fourth-order valence-electron chi connectivity index (χ4n) is 12.4. The largest absolute Gasteiger partial charge is 0.0533 e. The van der Waals surface area contributed by atoms with Crippen molar-refractivity contribution in [2.24, 2.45) is 59.2 Å². The van der Waals surface area contributed by atoms with Crippen molar-refractivity contribution in [3.05, 3.63) is 0 Å². The van der Waals surface area contributed by atoms with E-state index in [1.54, 1.807) is 135 Å². The van der Waals surface area contributed by atoms with Gasteiger partial charge in [-0.15, -0.1) is 0 Å². The van der Waals surface area contributed by atoms with Crippen molar-refractivity contribution < 1.29 is 0 Å². The Kier molecular flexibility index (Phi) is 12.4. The van der Waals surface area contributed by atoms with Crippen LogP contribution in [0.15, 0.2) is 0 Å². The summed E-state index contributed by atoms with van der Waals surface area (Å²) in [4.78, 5) is 0. The molecular weight excluding hydrogens is 492 g/mol. The lowest BCUT2D eigenvalue weighted by Crippen LogP contribution is -2.38. The van der Waals surface area contributed by atoms with Crippen LogP contribution < -0.4 is 0 Å². The second-order valence-electron chi connectivity index (χ2n) is 17.7. The summed E-state index contributed by atoms with van der Waals surface area (Å²) in [5.41, 5.74) is 0. The molecule has 0 unspecified atom stereocenters. The van der Waals surface area contributed by atoms with Gasteiger partial charge in [-0.2, -0.15) is 0 Å². The Morgan fingerprint density at radius 2 is 0.390 bits per heavy atom. The molecule has 0 atom stereocenters. The molecule has 0 heterocycles. The standard InChI is InChI=1S/C10H16.C10H18.C8H14.C7H12.C6H12/c1-7-2-9-4-8(1)5-10(3-7)6-9;1-2-6-10-8-4-3-7-9(10)5-1;1-2-8-5-3-7(1)4-6-8;1-2-7-4-3-6(1)5-7;1-2-4-6-5-3-1/h7-10H,1-6H2;9-10H,1-8H2;7-8H,1-6H2;6-7H,1-5H2;1-6H2. The van der Waals surface area contributed by atoms with Gasteiger partial charge in [-0.05, 0) is 104 Å². The molecule has 0 saturated heterocycles. The lowest BCUT2D eigenvalue weighted by Gasteiger charge is -2.49. The molecule has 0 aromatic carbocycles. The highest BCUT2D eigenvalue weighted by molar-refractivity contribution is 4.93. The Morgan fingerprint density at radius 3 is 0.585 bits per heavy atom. The zero-order valence-corrected chi connectivity index (χ0v) is 27.7. The van der Waals surface area contributed by atoms with E-state index in [0.29, 0.717) is 0 Å². The van der Waals surface area contributed by atoms with E-state index in [1.807, 2.05) is 0 Å². The van der Waals surface area contributed by atoms with Crippen LogP contribution in [-0.2, 0) is 0 Å². The molecule has 0 amide bonds.